The fraction of sp³-hybridized carbons (Fsp3) is 1.00. The lowest BCUT2D eigenvalue weighted by atomic mass is 10.1. The molecule has 0 amide bonds. The summed E-state index contributed by atoms with van der Waals surface area (Å²) in [4.78, 5) is 0. The van der Waals surface area contributed by atoms with Gasteiger partial charge in [0.25, 0.3) is 0 Å². The van der Waals surface area contributed by atoms with Gasteiger partial charge < -0.3 is 10.1 Å². The third kappa shape index (κ3) is 6.44. The zero-order chi connectivity index (χ0) is 10.9. The minimum atomic E-state index is 0.472. The van der Waals surface area contributed by atoms with Crippen LogP contribution in [0.1, 0.15) is 39.5 Å². The van der Waals surface area contributed by atoms with Crippen LogP contribution < -0.4 is 5.32 Å². The first kappa shape index (κ1) is 13.3. The Balaban J connectivity index is 1.97. The second-order valence-corrected chi connectivity index (χ2v) is 5.68. The molecule has 1 heterocycles. The Labute approximate surface area is 98.5 Å². The highest BCUT2D eigenvalue weighted by Gasteiger charge is 2.14. The molecule has 0 radical (unpaired) electrons. The molecule has 3 heteroatoms. The van der Waals surface area contributed by atoms with Gasteiger partial charge in [-0.2, -0.15) is 11.8 Å². The lowest BCUT2D eigenvalue weighted by Crippen LogP contribution is -2.36. The summed E-state index contributed by atoms with van der Waals surface area (Å²) in [5, 5.41) is 3.57. The van der Waals surface area contributed by atoms with Crippen molar-refractivity contribution in [3.8, 4) is 0 Å². The van der Waals surface area contributed by atoms with E-state index in [4.69, 9.17) is 4.74 Å². The van der Waals surface area contributed by atoms with Crippen molar-refractivity contribution < 1.29 is 4.74 Å². The molecule has 0 aromatic rings. The van der Waals surface area contributed by atoms with Gasteiger partial charge in [0, 0.05) is 19.2 Å². The van der Waals surface area contributed by atoms with E-state index >= 15 is 0 Å². The number of ether oxygens (including phenoxy) is 1. The summed E-state index contributed by atoms with van der Waals surface area (Å²) in [6, 6.07) is 0.634. The van der Waals surface area contributed by atoms with Crippen molar-refractivity contribution >= 4 is 11.8 Å². The van der Waals surface area contributed by atoms with E-state index in [1.807, 2.05) is 11.8 Å². The molecule has 1 rings (SSSR count). The van der Waals surface area contributed by atoms with Gasteiger partial charge in [0.1, 0.15) is 0 Å². The molecule has 0 aliphatic carbocycles. The molecular formula is C12H25NOS. The number of hydrogen-bond donors (Lipinski definition) is 1. The summed E-state index contributed by atoms with van der Waals surface area (Å²) in [6.07, 6.45) is 5.57. The van der Waals surface area contributed by atoms with Crippen LogP contribution in [-0.4, -0.2) is 36.8 Å². The van der Waals surface area contributed by atoms with Crippen LogP contribution in [0.4, 0.5) is 0 Å². The summed E-state index contributed by atoms with van der Waals surface area (Å²) >= 11 is 2.03. The van der Waals surface area contributed by atoms with E-state index < -0.39 is 0 Å². The molecule has 1 fully saturated rings. The molecule has 1 N–H and O–H groups in total. The molecule has 2 atom stereocenters. The fourth-order valence-corrected chi connectivity index (χ4v) is 2.62. The first-order valence-corrected chi connectivity index (χ1v) is 7.41. The van der Waals surface area contributed by atoms with Crippen LogP contribution in [0.15, 0.2) is 0 Å². The Morgan fingerprint density at radius 3 is 3.00 bits per heavy atom. The molecule has 0 aromatic carbocycles. The van der Waals surface area contributed by atoms with Gasteiger partial charge in [-0.15, -0.1) is 0 Å². The molecule has 0 aromatic heterocycles. The van der Waals surface area contributed by atoms with E-state index in [1.165, 1.54) is 37.2 Å². The van der Waals surface area contributed by atoms with E-state index in [2.05, 4.69) is 19.2 Å². The maximum Gasteiger partial charge on any atom is 0.0699 e. The van der Waals surface area contributed by atoms with Crippen LogP contribution in [0.2, 0.25) is 0 Å². The Morgan fingerprint density at radius 1 is 1.47 bits per heavy atom. The van der Waals surface area contributed by atoms with E-state index in [1.54, 1.807) is 0 Å². The number of nitrogens with one attached hydrogen (secondary N) is 1. The largest absolute Gasteiger partial charge is 0.377 e. The topological polar surface area (TPSA) is 21.3 Å². The third-order valence-corrected chi connectivity index (χ3v) is 3.80. The van der Waals surface area contributed by atoms with Crippen LogP contribution >= 0.6 is 11.8 Å². The summed E-state index contributed by atoms with van der Waals surface area (Å²) in [5.74, 6) is 2.51. The van der Waals surface area contributed by atoms with Gasteiger partial charge in [-0.05, 0) is 44.1 Å². The molecule has 1 aliphatic rings. The lowest BCUT2D eigenvalue weighted by Gasteiger charge is -2.24. The Bertz CT molecular complexity index is 149. The standard InChI is InChI=1S/C12H25NOS/c1-3-15-9-7-11(2)13-10-12-6-4-5-8-14-12/h11-13H,3-10H2,1-2H3. The zero-order valence-corrected chi connectivity index (χ0v) is 10.9. The van der Waals surface area contributed by atoms with Crippen molar-refractivity contribution in [3.05, 3.63) is 0 Å². The minimum absolute atomic E-state index is 0.472. The molecule has 0 spiro atoms. The van der Waals surface area contributed by atoms with Gasteiger partial charge in [0.15, 0.2) is 0 Å². The number of thioether (sulfide) groups is 1. The van der Waals surface area contributed by atoms with Crippen molar-refractivity contribution in [2.45, 2.75) is 51.7 Å². The predicted molar refractivity (Wildman–Crippen MR) is 68.7 cm³/mol. The average molecular weight is 231 g/mol. The highest BCUT2D eigenvalue weighted by atomic mass is 32.2. The van der Waals surface area contributed by atoms with Crippen molar-refractivity contribution in [1.82, 2.24) is 5.32 Å². The maximum atomic E-state index is 5.69. The van der Waals surface area contributed by atoms with Crippen LogP contribution in [0, 0.1) is 0 Å². The molecule has 0 saturated carbocycles. The normalized spacial score (nSPS) is 24.0. The van der Waals surface area contributed by atoms with Crippen molar-refractivity contribution in [2.24, 2.45) is 0 Å². The first-order valence-electron chi connectivity index (χ1n) is 6.25. The Morgan fingerprint density at radius 2 is 2.33 bits per heavy atom. The Hall–Kier alpha value is 0.270. The zero-order valence-electron chi connectivity index (χ0n) is 10.1. The fourth-order valence-electron chi connectivity index (χ4n) is 1.81. The Kier molecular flexibility index (Phi) is 7.49. The lowest BCUT2D eigenvalue weighted by molar-refractivity contribution is 0.0156. The number of rotatable bonds is 7. The van der Waals surface area contributed by atoms with E-state index in [-0.39, 0.29) is 0 Å². The maximum absolute atomic E-state index is 5.69. The second-order valence-electron chi connectivity index (χ2n) is 4.28. The van der Waals surface area contributed by atoms with Crippen LogP contribution in [0.3, 0.4) is 0 Å². The van der Waals surface area contributed by atoms with Gasteiger partial charge in [-0.3, -0.25) is 0 Å². The summed E-state index contributed by atoms with van der Waals surface area (Å²) in [5.41, 5.74) is 0. The molecular weight excluding hydrogens is 206 g/mol. The minimum Gasteiger partial charge on any atom is -0.377 e. The highest BCUT2D eigenvalue weighted by molar-refractivity contribution is 7.99. The van der Waals surface area contributed by atoms with Crippen molar-refractivity contribution in [3.63, 3.8) is 0 Å². The summed E-state index contributed by atoms with van der Waals surface area (Å²) in [7, 11) is 0. The monoisotopic (exact) mass is 231 g/mol. The highest BCUT2D eigenvalue weighted by Crippen LogP contribution is 2.12. The second kappa shape index (κ2) is 8.43. The van der Waals surface area contributed by atoms with E-state index in [9.17, 15) is 0 Å². The van der Waals surface area contributed by atoms with Gasteiger partial charge in [0.2, 0.25) is 0 Å². The van der Waals surface area contributed by atoms with Crippen LogP contribution in [0.25, 0.3) is 0 Å². The van der Waals surface area contributed by atoms with Crippen molar-refractivity contribution in [2.75, 3.05) is 24.7 Å². The van der Waals surface area contributed by atoms with E-state index in [0.717, 1.165) is 13.2 Å². The van der Waals surface area contributed by atoms with Crippen LogP contribution in [-0.2, 0) is 4.74 Å². The van der Waals surface area contributed by atoms with Crippen molar-refractivity contribution in [1.29, 1.82) is 0 Å². The smallest absolute Gasteiger partial charge is 0.0699 e. The molecule has 90 valence electrons. The molecule has 15 heavy (non-hydrogen) atoms. The number of hydrogen-bond acceptors (Lipinski definition) is 3. The summed E-state index contributed by atoms with van der Waals surface area (Å²) in [6.45, 7) is 6.50. The quantitative estimate of drug-likeness (QED) is 0.681. The van der Waals surface area contributed by atoms with E-state index in [0.29, 0.717) is 12.1 Å². The van der Waals surface area contributed by atoms with Crippen LogP contribution in [0.5, 0.6) is 0 Å². The molecule has 1 aliphatic heterocycles. The summed E-state index contributed by atoms with van der Waals surface area (Å²) < 4.78 is 5.69. The van der Waals surface area contributed by atoms with Gasteiger partial charge in [-0.1, -0.05) is 6.92 Å². The first-order chi connectivity index (χ1) is 7.33. The SMILES string of the molecule is CCSCCC(C)NCC1CCCCO1. The van der Waals surface area contributed by atoms with Gasteiger partial charge >= 0.3 is 0 Å². The predicted octanol–water partition coefficient (Wildman–Crippen LogP) is 2.68. The molecule has 0 bridgehead atoms. The molecule has 2 unspecified atom stereocenters. The van der Waals surface area contributed by atoms with Gasteiger partial charge in [-0.25, -0.2) is 0 Å². The third-order valence-electron chi connectivity index (χ3n) is 2.87. The molecule has 2 nitrogen and oxygen atoms in total. The average Bonchev–Trinajstić information content (AvgIpc) is 2.28. The van der Waals surface area contributed by atoms with Gasteiger partial charge in [0.05, 0.1) is 6.10 Å². The molecule has 1 saturated heterocycles.